The number of carbonyl (C=O) groups is 1. The fourth-order valence-corrected chi connectivity index (χ4v) is 1.98. The summed E-state index contributed by atoms with van der Waals surface area (Å²) in [6.07, 6.45) is 2.38. The van der Waals surface area contributed by atoms with Gasteiger partial charge in [0.25, 0.3) is 5.91 Å². The van der Waals surface area contributed by atoms with Crippen molar-refractivity contribution in [2.24, 2.45) is 0 Å². The van der Waals surface area contributed by atoms with Gasteiger partial charge in [0.05, 0.1) is 0 Å². The minimum Gasteiger partial charge on any atom is -0.456 e. The van der Waals surface area contributed by atoms with Gasteiger partial charge >= 0.3 is 0 Å². The van der Waals surface area contributed by atoms with Crippen LogP contribution in [0.4, 0.5) is 0 Å². The molecular formula is C13H20ClNO2. The van der Waals surface area contributed by atoms with E-state index in [2.05, 4.69) is 5.32 Å². The highest BCUT2D eigenvalue weighted by molar-refractivity contribution is 6.17. The fraction of sp³-hybridized carbons (Fsp3) is 0.615. The third kappa shape index (κ3) is 3.77. The molecule has 1 unspecified atom stereocenters. The van der Waals surface area contributed by atoms with Crippen LogP contribution < -0.4 is 5.32 Å². The highest BCUT2D eigenvalue weighted by atomic mass is 35.5. The molecule has 1 N–H and O–H groups in total. The molecule has 1 rings (SSSR count). The van der Waals surface area contributed by atoms with E-state index in [1.165, 1.54) is 0 Å². The van der Waals surface area contributed by atoms with E-state index in [1.54, 1.807) is 6.07 Å². The molecule has 0 aliphatic rings. The van der Waals surface area contributed by atoms with Crippen molar-refractivity contribution in [2.45, 2.75) is 45.6 Å². The van der Waals surface area contributed by atoms with Crippen LogP contribution in [0.15, 0.2) is 16.5 Å². The lowest BCUT2D eigenvalue weighted by atomic mass is 9.95. The second-order valence-electron chi connectivity index (χ2n) is 4.43. The summed E-state index contributed by atoms with van der Waals surface area (Å²) < 4.78 is 5.42. The monoisotopic (exact) mass is 257 g/mol. The summed E-state index contributed by atoms with van der Waals surface area (Å²) in [5.74, 6) is 1.56. The molecule has 0 spiro atoms. The minimum atomic E-state index is -0.266. The van der Waals surface area contributed by atoms with Crippen molar-refractivity contribution >= 4 is 17.5 Å². The molecule has 1 aromatic rings. The number of rotatable bonds is 6. The van der Waals surface area contributed by atoms with Gasteiger partial charge in [0, 0.05) is 17.8 Å². The van der Waals surface area contributed by atoms with E-state index in [9.17, 15) is 4.79 Å². The maximum atomic E-state index is 12.0. The molecule has 3 nitrogen and oxygen atoms in total. The molecule has 1 atom stereocenters. The van der Waals surface area contributed by atoms with Crippen LogP contribution in [-0.2, 0) is 6.42 Å². The number of alkyl halides is 1. The number of halogens is 1. The van der Waals surface area contributed by atoms with Gasteiger partial charge in [0.2, 0.25) is 0 Å². The number of hydrogen-bond acceptors (Lipinski definition) is 2. The largest absolute Gasteiger partial charge is 0.456 e. The van der Waals surface area contributed by atoms with Gasteiger partial charge in [-0.25, -0.2) is 0 Å². The van der Waals surface area contributed by atoms with Crippen LogP contribution in [0.1, 0.15) is 49.9 Å². The summed E-state index contributed by atoms with van der Waals surface area (Å²) in [5, 5.41) is 2.98. The first kappa shape index (κ1) is 14.1. The zero-order valence-corrected chi connectivity index (χ0v) is 11.4. The Balaban J connectivity index is 2.70. The smallest absolute Gasteiger partial charge is 0.287 e. The van der Waals surface area contributed by atoms with E-state index >= 15 is 0 Å². The summed E-state index contributed by atoms with van der Waals surface area (Å²) in [4.78, 5) is 12.0. The van der Waals surface area contributed by atoms with Crippen LogP contribution in [0.5, 0.6) is 0 Å². The molecular weight excluding hydrogens is 238 g/mol. The molecule has 96 valence electrons. The van der Waals surface area contributed by atoms with Gasteiger partial charge < -0.3 is 9.73 Å². The highest BCUT2D eigenvalue weighted by Crippen LogP contribution is 2.17. The maximum absolute atomic E-state index is 12.0. The Morgan fingerprint density at radius 3 is 2.65 bits per heavy atom. The molecule has 0 aliphatic carbocycles. The first-order chi connectivity index (χ1) is 8.04. The second kappa shape index (κ2) is 6.10. The second-order valence-corrected chi connectivity index (χ2v) is 4.80. The van der Waals surface area contributed by atoms with E-state index in [1.807, 2.05) is 26.8 Å². The van der Waals surface area contributed by atoms with Crippen LogP contribution in [0.25, 0.3) is 0 Å². The molecule has 1 amide bonds. The number of amides is 1. The Kier molecular flexibility index (Phi) is 5.06. The summed E-state index contributed by atoms with van der Waals surface area (Å²) in [6, 6.07) is 3.55. The molecule has 0 aromatic carbocycles. The SMILES string of the molecule is CCc1ccc(C(=O)NC(C)(CC)CCCl)o1. The Morgan fingerprint density at radius 2 is 2.18 bits per heavy atom. The molecule has 1 heterocycles. The average molecular weight is 258 g/mol. The highest BCUT2D eigenvalue weighted by Gasteiger charge is 2.25. The van der Waals surface area contributed by atoms with E-state index < -0.39 is 0 Å². The third-order valence-electron chi connectivity index (χ3n) is 3.08. The molecule has 0 aliphatic heterocycles. The molecule has 0 bridgehead atoms. The minimum absolute atomic E-state index is 0.167. The lowest BCUT2D eigenvalue weighted by molar-refractivity contribution is 0.0871. The van der Waals surface area contributed by atoms with Crippen molar-refractivity contribution in [2.75, 3.05) is 5.88 Å². The van der Waals surface area contributed by atoms with E-state index in [4.69, 9.17) is 16.0 Å². The van der Waals surface area contributed by atoms with Crippen molar-refractivity contribution in [1.29, 1.82) is 0 Å². The van der Waals surface area contributed by atoms with Crippen molar-refractivity contribution in [1.82, 2.24) is 5.32 Å². The Hall–Kier alpha value is -0.960. The Labute approximate surface area is 108 Å². The molecule has 0 radical (unpaired) electrons. The molecule has 4 heteroatoms. The summed E-state index contributed by atoms with van der Waals surface area (Å²) in [6.45, 7) is 6.02. The molecule has 0 saturated heterocycles. The first-order valence-electron chi connectivity index (χ1n) is 6.02. The van der Waals surface area contributed by atoms with Crippen LogP contribution in [-0.4, -0.2) is 17.3 Å². The van der Waals surface area contributed by atoms with Gasteiger partial charge in [-0.1, -0.05) is 13.8 Å². The Bertz CT molecular complexity index is 375. The third-order valence-corrected chi connectivity index (χ3v) is 3.26. The van der Waals surface area contributed by atoms with Crippen LogP contribution in [0.2, 0.25) is 0 Å². The van der Waals surface area contributed by atoms with E-state index in [0.717, 1.165) is 25.0 Å². The van der Waals surface area contributed by atoms with Crippen LogP contribution in [0, 0.1) is 0 Å². The molecule has 17 heavy (non-hydrogen) atoms. The van der Waals surface area contributed by atoms with Gasteiger partial charge in [0.15, 0.2) is 5.76 Å². The lowest BCUT2D eigenvalue weighted by Crippen LogP contribution is -2.45. The number of carbonyl (C=O) groups excluding carboxylic acids is 1. The predicted octanol–water partition coefficient (Wildman–Crippen LogP) is 3.37. The zero-order chi connectivity index (χ0) is 12.9. The first-order valence-corrected chi connectivity index (χ1v) is 6.55. The lowest BCUT2D eigenvalue weighted by Gasteiger charge is -2.28. The molecule has 0 fully saturated rings. The standard InChI is InChI=1S/C13H20ClNO2/c1-4-10-6-7-11(17-10)12(16)15-13(3,5-2)8-9-14/h6-7H,4-5,8-9H2,1-3H3,(H,15,16). The van der Waals surface area contributed by atoms with Gasteiger partial charge in [-0.15, -0.1) is 11.6 Å². The van der Waals surface area contributed by atoms with Crippen molar-refractivity contribution < 1.29 is 9.21 Å². The average Bonchev–Trinajstić information content (AvgIpc) is 2.78. The number of furan rings is 1. The zero-order valence-electron chi connectivity index (χ0n) is 10.7. The van der Waals surface area contributed by atoms with Crippen molar-refractivity contribution in [3.63, 3.8) is 0 Å². The summed E-state index contributed by atoms with van der Waals surface area (Å²) in [7, 11) is 0. The number of aryl methyl sites for hydroxylation is 1. The quantitative estimate of drug-likeness (QED) is 0.794. The fourth-order valence-electron chi connectivity index (χ4n) is 1.56. The van der Waals surface area contributed by atoms with Crippen LogP contribution in [0.3, 0.4) is 0 Å². The van der Waals surface area contributed by atoms with Crippen molar-refractivity contribution in [3.05, 3.63) is 23.7 Å². The van der Waals surface area contributed by atoms with E-state index in [0.29, 0.717) is 11.6 Å². The van der Waals surface area contributed by atoms with Gasteiger partial charge in [0.1, 0.15) is 5.76 Å². The van der Waals surface area contributed by atoms with Crippen LogP contribution >= 0.6 is 11.6 Å². The van der Waals surface area contributed by atoms with E-state index in [-0.39, 0.29) is 11.4 Å². The Morgan fingerprint density at radius 1 is 1.47 bits per heavy atom. The normalized spacial score (nSPS) is 14.4. The number of hydrogen-bond donors (Lipinski definition) is 1. The topological polar surface area (TPSA) is 42.2 Å². The summed E-state index contributed by atoms with van der Waals surface area (Å²) >= 11 is 5.75. The van der Waals surface area contributed by atoms with Gasteiger partial charge in [-0.2, -0.15) is 0 Å². The van der Waals surface area contributed by atoms with Gasteiger partial charge in [-0.3, -0.25) is 4.79 Å². The molecule has 1 aromatic heterocycles. The molecule has 0 saturated carbocycles. The summed E-state index contributed by atoms with van der Waals surface area (Å²) in [5.41, 5.74) is -0.266. The van der Waals surface area contributed by atoms with Gasteiger partial charge in [-0.05, 0) is 31.9 Å². The maximum Gasteiger partial charge on any atom is 0.287 e. The number of nitrogens with one attached hydrogen (secondary N) is 1. The predicted molar refractivity (Wildman–Crippen MR) is 69.6 cm³/mol. The van der Waals surface area contributed by atoms with Crippen molar-refractivity contribution in [3.8, 4) is 0 Å².